The van der Waals surface area contributed by atoms with E-state index >= 15 is 0 Å². The third kappa shape index (κ3) is 3.37. The summed E-state index contributed by atoms with van der Waals surface area (Å²) < 4.78 is 15.2. The fourth-order valence-corrected chi connectivity index (χ4v) is 2.61. The predicted molar refractivity (Wildman–Crippen MR) is 86.5 cm³/mol. The van der Waals surface area contributed by atoms with Gasteiger partial charge in [0.15, 0.2) is 5.82 Å². The van der Waals surface area contributed by atoms with Crippen LogP contribution in [0.5, 0.6) is 0 Å². The zero-order valence-corrected chi connectivity index (χ0v) is 13.3. The number of amides is 1. The van der Waals surface area contributed by atoms with Crippen LogP contribution in [-0.2, 0) is 6.54 Å². The van der Waals surface area contributed by atoms with Gasteiger partial charge in [-0.15, -0.1) is 0 Å². The average molecular weight is 338 g/mol. The van der Waals surface area contributed by atoms with Crippen LogP contribution in [0.25, 0.3) is 5.95 Å². The first-order valence-electron chi connectivity index (χ1n) is 7.95. The first kappa shape index (κ1) is 15.4. The Labute approximate surface area is 143 Å². The van der Waals surface area contributed by atoms with Gasteiger partial charge in [-0.25, -0.2) is 19.3 Å². The van der Waals surface area contributed by atoms with E-state index in [9.17, 15) is 9.18 Å². The fraction of sp³-hybridized carbons (Fsp3) is 0.235. The molecule has 1 saturated carbocycles. The number of benzene rings is 1. The van der Waals surface area contributed by atoms with Crippen molar-refractivity contribution in [1.29, 1.82) is 0 Å². The third-order valence-electron chi connectivity index (χ3n) is 4.00. The van der Waals surface area contributed by atoms with E-state index in [1.165, 1.54) is 23.1 Å². The maximum Gasteiger partial charge on any atom is 0.252 e. The van der Waals surface area contributed by atoms with E-state index in [-0.39, 0.29) is 12.5 Å². The molecule has 126 valence electrons. The molecule has 3 aromatic rings. The summed E-state index contributed by atoms with van der Waals surface area (Å²) in [6, 6.07) is 6.19. The highest BCUT2D eigenvalue weighted by molar-refractivity contribution is 5.94. The second-order valence-corrected chi connectivity index (χ2v) is 5.87. The molecule has 1 amide bonds. The zero-order chi connectivity index (χ0) is 17.2. The number of carbonyl (C=O) groups is 1. The number of hydrogen-bond acceptors (Lipinski definition) is 5. The van der Waals surface area contributed by atoms with Gasteiger partial charge in [0, 0.05) is 18.0 Å². The Balaban J connectivity index is 1.49. The molecule has 1 aliphatic carbocycles. The second-order valence-electron chi connectivity index (χ2n) is 5.87. The molecule has 2 aromatic heterocycles. The number of aromatic nitrogens is 5. The summed E-state index contributed by atoms with van der Waals surface area (Å²) in [4.78, 5) is 24.7. The van der Waals surface area contributed by atoms with Crippen LogP contribution in [0.4, 0.5) is 4.39 Å². The molecule has 0 radical (unpaired) electrons. The summed E-state index contributed by atoms with van der Waals surface area (Å²) in [6.45, 7) is 0.131. The molecule has 1 N–H and O–H groups in total. The highest BCUT2D eigenvalue weighted by Crippen LogP contribution is 2.40. The summed E-state index contributed by atoms with van der Waals surface area (Å²) in [5.41, 5.74) is 1.19. The summed E-state index contributed by atoms with van der Waals surface area (Å²) in [6.07, 6.45) is 6.65. The molecule has 0 aliphatic heterocycles. The number of halogens is 1. The van der Waals surface area contributed by atoms with Crippen molar-refractivity contribution in [3.05, 3.63) is 65.8 Å². The lowest BCUT2D eigenvalue weighted by molar-refractivity contribution is 0.0949. The summed E-state index contributed by atoms with van der Waals surface area (Å²) in [7, 11) is 0. The topological polar surface area (TPSA) is 85.6 Å². The first-order chi connectivity index (χ1) is 12.2. The molecule has 25 heavy (non-hydrogen) atoms. The van der Waals surface area contributed by atoms with E-state index in [4.69, 9.17) is 0 Å². The largest absolute Gasteiger partial charge is 0.345 e. The van der Waals surface area contributed by atoms with Gasteiger partial charge >= 0.3 is 0 Å². The highest BCUT2D eigenvalue weighted by Gasteiger charge is 2.25. The fourth-order valence-electron chi connectivity index (χ4n) is 2.61. The quantitative estimate of drug-likeness (QED) is 0.769. The van der Waals surface area contributed by atoms with Crippen LogP contribution < -0.4 is 5.32 Å². The molecular weight excluding hydrogens is 323 g/mol. The van der Waals surface area contributed by atoms with Crippen molar-refractivity contribution in [1.82, 2.24) is 30.0 Å². The highest BCUT2D eigenvalue weighted by atomic mass is 19.1. The van der Waals surface area contributed by atoms with Crippen molar-refractivity contribution < 1.29 is 9.18 Å². The van der Waals surface area contributed by atoms with Crippen LogP contribution in [-0.4, -0.2) is 30.6 Å². The zero-order valence-electron chi connectivity index (χ0n) is 13.3. The minimum absolute atomic E-state index is 0.131. The lowest BCUT2D eigenvalue weighted by Gasteiger charge is -2.08. The minimum Gasteiger partial charge on any atom is -0.345 e. The van der Waals surface area contributed by atoms with Gasteiger partial charge in [-0.05, 0) is 48.6 Å². The first-order valence-corrected chi connectivity index (χ1v) is 7.95. The van der Waals surface area contributed by atoms with Crippen LogP contribution in [0.3, 0.4) is 0 Å². The molecule has 2 heterocycles. The van der Waals surface area contributed by atoms with Gasteiger partial charge in [-0.1, -0.05) is 0 Å². The molecule has 0 bridgehead atoms. The lowest BCUT2D eigenvalue weighted by Crippen LogP contribution is -2.25. The Hall–Kier alpha value is -3.16. The summed E-state index contributed by atoms with van der Waals surface area (Å²) in [5.74, 6) is 0.477. The molecule has 1 aromatic carbocycles. The molecular formula is C17H15FN6O. The smallest absolute Gasteiger partial charge is 0.252 e. The summed E-state index contributed by atoms with van der Waals surface area (Å²) >= 11 is 0. The predicted octanol–water partition coefficient (Wildman–Crippen LogP) is 2.00. The monoisotopic (exact) mass is 338 g/mol. The van der Waals surface area contributed by atoms with Crippen LogP contribution >= 0.6 is 0 Å². The van der Waals surface area contributed by atoms with Crippen molar-refractivity contribution in [2.45, 2.75) is 25.3 Å². The number of carbonyl (C=O) groups excluding carboxylic acids is 1. The number of rotatable bonds is 5. The molecule has 0 atom stereocenters. The molecule has 4 rings (SSSR count). The van der Waals surface area contributed by atoms with Crippen molar-refractivity contribution in [2.75, 3.05) is 0 Å². The lowest BCUT2D eigenvalue weighted by atomic mass is 10.1. The Morgan fingerprint density at radius 2 is 2.00 bits per heavy atom. The normalized spacial score (nSPS) is 13.6. The standard InChI is InChI=1S/C17H15FN6O/c18-14-7-12(11-2-3-11)6-13(8-14)16(25)21-9-15-22-10-23-24(15)17-19-4-1-5-20-17/h1,4-8,10-11H,2-3,9H2,(H,21,25). The number of nitrogens with one attached hydrogen (secondary N) is 1. The van der Waals surface area contributed by atoms with Crippen molar-refractivity contribution in [3.63, 3.8) is 0 Å². The van der Waals surface area contributed by atoms with E-state index in [2.05, 4.69) is 25.4 Å². The van der Waals surface area contributed by atoms with Gasteiger partial charge in [0.2, 0.25) is 0 Å². The van der Waals surface area contributed by atoms with E-state index in [1.54, 1.807) is 24.5 Å². The van der Waals surface area contributed by atoms with Gasteiger partial charge in [0.25, 0.3) is 11.9 Å². The van der Waals surface area contributed by atoms with Gasteiger partial charge < -0.3 is 5.32 Å². The summed E-state index contributed by atoms with van der Waals surface area (Å²) in [5, 5.41) is 6.81. The van der Waals surface area contributed by atoms with Crippen LogP contribution in [0.1, 0.15) is 40.5 Å². The molecule has 1 aliphatic rings. The maximum atomic E-state index is 13.8. The molecule has 1 fully saturated rings. The van der Waals surface area contributed by atoms with Crippen LogP contribution in [0.2, 0.25) is 0 Å². The number of hydrogen-bond donors (Lipinski definition) is 1. The Bertz CT molecular complexity index is 907. The second kappa shape index (κ2) is 6.39. The van der Waals surface area contributed by atoms with Crippen LogP contribution in [0, 0.1) is 5.82 Å². The van der Waals surface area contributed by atoms with Crippen molar-refractivity contribution in [3.8, 4) is 5.95 Å². The Morgan fingerprint density at radius 1 is 1.20 bits per heavy atom. The molecule has 0 saturated heterocycles. The molecule has 7 nitrogen and oxygen atoms in total. The molecule has 0 spiro atoms. The molecule has 8 heteroatoms. The third-order valence-corrected chi connectivity index (χ3v) is 4.00. The van der Waals surface area contributed by atoms with Crippen LogP contribution in [0.15, 0.2) is 43.0 Å². The average Bonchev–Trinajstić information content (AvgIpc) is 3.38. The molecule has 0 unspecified atom stereocenters. The van der Waals surface area contributed by atoms with E-state index < -0.39 is 5.82 Å². The Morgan fingerprint density at radius 3 is 2.76 bits per heavy atom. The SMILES string of the molecule is O=C(NCc1ncnn1-c1ncccn1)c1cc(F)cc(C2CC2)c1. The van der Waals surface area contributed by atoms with E-state index in [1.807, 2.05) is 0 Å². The van der Waals surface area contributed by atoms with Crippen molar-refractivity contribution in [2.24, 2.45) is 0 Å². The minimum atomic E-state index is -0.393. The number of nitrogens with zero attached hydrogens (tertiary/aromatic N) is 5. The van der Waals surface area contributed by atoms with Crippen molar-refractivity contribution >= 4 is 5.91 Å². The maximum absolute atomic E-state index is 13.8. The van der Waals surface area contributed by atoms with E-state index in [0.717, 1.165) is 18.4 Å². The van der Waals surface area contributed by atoms with Gasteiger partial charge in [-0.3, -0.25) is 4.79 Å². The van der Waals surface area contributed by atoms with Gasteiger partial charge in [0.1, 0.15) is 12.1 Å². The van der Waals surface area contributed by atoms with Gasteiger partial charge in [0.05, 0.1) is 6.54 Å². The Kier molecular flexibility index (Phi) is 3.93. The van der Waals surface area contributed by atoms with E-state index in [0.29, 0.717) is 23.3 Å². The van der Waals surface area contributed by atoms with Gasteiger partial charge in [-0.2, -0.15) is 9.78 Å².